The highest BCUT2D eigenvalue weighted by molar-refractivity contribution is 5.38. The summed E-state index contributed by atoms with van der Waals surface area (Å²) in [5, 5.41) is 9.47. The molecule has 2 atom stereocenters. The monoisotopic (exact) mass is 265 g/mol. The molecule has 0 radical (unpaired) electrons. The second-order valence-corrected chi connectivity index (χ2v) is 5.84. The topological polar surface area (TPSA) is 55.5 Å². The number of hydrogen-bond donors (Lipinski definition) is 2. The molecule has 19 heavy (non-hydrogen) atoms. The Morgan fingerprint density at radius 3 is 2.32 bits per heavy atom. The Balaban J connectivity index is 2.93. The van der Waals surface area contributed by atoms with E-state index in [-0.39, 0.29) is 24.7 Å². The summed E-state index contributed by atoms with van der Waals surface area (Å²) in [4.78, 5) is 0. The maximum atomic E-state index is 9.47. The van der Waals surface area contributed by atoms with Gasteiger partial charge in [0, 0.05) is 6.04 Å². The molecule has 0 fully saturated rings. The van der Waals surface area contributed by atoms with Crippen LogP contribution in [-0.2, 0) is 0 Å². The molecular weight excluding hydrogens is 238 g/mol. The van der Waals surface area contributed by atoms with Crippen LogP contribution in [0.4, 0.5) is 0 Å². The molecule has 0 spiro atoms. The molecular formula is C16H27NO2. The van der Waals surface area contributed by atoms with Gasteiger partial charge in [-0.1, -0.05) is 39.8 Å². The molecule has 3 nitrogen and oxygen atoms in total. The number of nitrogens with two attached hydrogens (primary N) is 1. The van der Waals surface area contributed by atoms with Crippen molar-refractivity contribution < 1.29 is 9.84 Å². The van der Waals surface area contributed by atoms with Crippen molar-refractivity contribution in [3.05, 3.63) is 29.3 Å². The Morgan fingerprint density at radius 1 is 1.21 bits per heavy atom. The zero-order chi connectivity index (χ0) is 14.6. The molecule has 108 valence electrons. The largest absolute Gasteiger partial charge is 0.486 e. The van der Waals surface area contributed by atoms with Gasteiger partial charge in [0.2, 0.25) is 0 Å². The molecule has 3 N–H and O–H groups in total. The molecule has 0 bridgehead atoms. The number of aliphatic hydroxyl groups is 1. The molecule has 0 amide bonds. The van der Waals surface area contributed by atoms with Crippen molar-refractivity contribution in [2.75, 3.05) is 6.61 Å². The van der Waals surface area contributed by atoms with Gasteiger partial charge >= 0.3 is 0 Å². The fourth-order valence-electron chi connectivity index (χ4n) is 1.93. The van der Waals surface area contributed by atoms with Gasteiger partial charge in [-0.25, -0.2) is 0 Å². The minimum absolute atomic E-state index is 0.0648. The maximum absolute atomic E-state index is 9.47. The molecule has 3 heteroatoms. The average Bonchev–Trinajstić information content (AvgIpc) is 2.36. The van der Waals surface area contributed by atoms with Crippen LogP contribution in [-0.4, -0.2) is 23.9 Å². The summed E-state index contributed by atoms with van der Waals surface area (Å²) in [6, 6.07) is 6.05. The first-order valence-electron chi connectivity index (χ1n) is 7.00. The number of rotatable bonds is 6. The van der Waals surface area contributed by atoms with Gasteiger partial charge in [-0.3, -0.25) is 0 Å². The molecule has 0 aliphatic heterocycles. The van der Waals surface area contributed by atoms with Gasteiger partial charge < -0.3 is 15.6 Å². The molecule has 0 saturated carbocycles. The first-order chi connectivity index (χ1) is 8.86. The van der Waals surface area contributed by atoms with E-state index in [1.54, 1.807) is 0 Å². The van der Waals surface area contributed by atoms with E-state index >= 15 is 0 Å². The normalized spacial score (nSPS) is 14.8. The van der Waals surface area contributed by atoms with Crippen LogP contribution in [0.1, 0.15) is 44.7 Å². The Morgan fingerprint density at radius 2 is 1.84 bits per heavy atom. The van der Waals surface area contributed by atoms with Crippen molar-refractivity contribution >= 4 is 0 Å². The first-order valence-corrected chi connectivity index (χ1v) is 7.00. The molecule has 0 aliphatic carbocycles. The van der Waals surface area contributed by atoms with Crippen LogP contribution in [0.2, 0.25) is 0 Å². The van der Waals surface area contributed by atoms with Crippen LogP contribution in [0, 0.1) is 12.8 Å². The van der Waals surface area contributed by atoms with Gasteiger partial charge in [0.1, 0.15) is 11.9 Å². The van der Waals surface area contributed by atoms with Crippen molar-refractivity contribution in [3.8, 4) is 5.75 Å². The summed E-state index contributed by atoms with van der Waals surface area (Å²) in [5.41, 5.74) is 8.38. The van der Waals surface area contributed by atoms with E-state index in [9.17, 15) is 5.11 Å². The van der Waals surface area contributed by atoms with Crippen LogP contribution >= 0.6 is 0 Å². The summed E-state index contributed by atoms with van der Waals surface area (Å²) in [6.45, 7) is 10.3. The van der Waals surface area contributed by atoms with E-state index < -0.39 is 0 Å². The third kappa shape index (κ3) is 4.22. The van der Waals surface area contributed by atoms with E-state index in [1.165, 1.54) is 5.56 Å². The average molecular weight is 265 g/mol. The SMILES string of the molecule is Cc1ccc(C(C)C)cc1OC(CO)C(N)C(C)C. The molecule has 0 heterocycles. The molecule has 0 aromatic heterocycles. The Kier molecular flexibility index (Phi) is 5.83. The van der Waals surface area contributed by atoms with Crippen molar-refractivity contribution in [1.82, 2.24) is 0 Å². The van der Waals surface area contributed by atoms with Crippen molar-refractivity contribution in [3.63, 3.8) is 0 Å². The number of benzene rings is 1. The van der Waals surface area contributed by atoms with Gasteiger partial charge in [0.15, 0.2) is 0 Å². The Labute approximate surface area is 116 Å². The van der Waals surface area contributed by atoms with Crippen LogP contribution in [0.25, 0.3) is 0 Å². The predicted molar refractivity (Wildman–Crippen MR) is 79.6 cm³/mol. The Bertz CT molecular complexity index is 402. The van der Waals surface area contributed by atoms with Gasteiger partial charge in [0.25, 0.3) is 0 Å². The molecule has 1 aromatic rings. The quantitative estimate of drug-likeness (QED) is 0.831. The lowest BCUT2D eigenvalue weighted by atomic mass is 9.99. The van der Waals surface area contributed by atoms with E-state index in [4.69, 9.17) is 10.5 Å². The molecule has 2 unspecified atom stereocenters. The third-order valence-electron chi connectivity index (χ3n) is 3.54. The highest BCUT2D eigenvalue weighted by Gasteiger charge is 2.22. The van der Waals surface area contributed by atoms with Crippen LogP contribution < -0.4 is 10.5 Å². The summed E-state index contributed by atoms with van der Waals surface area (Å²) >= 11 is 0. The summed E-state index contributed by atoms with van der Waals surface area (Å²) in [5.74, 6) is 1.54. The fourth-order valence-corrected chi connectivity index (χ4v) is 1.93. The van der Waals surface area contributed by atoms with Crippen molar-refractivity contribution in [2.24, 2.45) is 11.7 Å². The third-order valence-corrected chi connectivity index (χ3v) is 3.54. The van der Waals surface area contributed by atoms with Gasteiger partial charge in [-0.2, -0.15) is 0 Å². The summed E-state index contributed by atoms with van der Waals surface area (Å²) in [6.07, 6.45) is -0.360. The van der Waals surface area contributed by atoms with E-state index in [0.717, 1.165) is 11.3 Å². The highest BCUT2D eigenvalue weighted by atomic mass is 16.5. The molecule has 1 aromatic carbocycles. The second kappa shape index (κ2) is 6.92. The standard InChI is InChI=1S/C16H27NO2/c1-10(2)13-7-6-12(5)14(8-13)19-15(9-18)16(17)11(3)4/h6-8,10-11,15-16,18H,9,17H2,1-5H3. The summed E-state index contributed by atoms with van der Waals surface area (Å²) in [7, 11) is 0. The molecule has 1 rings (SSSR count). The summed E-state index contributed by atoms with van der Waals surface area (Å²) < 4.78 is 5.93. The second-order valence-electron chi connectivity index (χ2n) is 5.84. The van der Waals surface area contributed by atoms with Crippen molar-refractivity contribution in [2.45, 2.75) is 52.7 Å². The van der Waals surface area contributed by atoms with Gasteiger partial charge in [0.05, 0.1) is 6.61 Å². The first kappa shape index (κ1) is 16.0. The predicted octanol–water partition coefficient (Wildman–Crippen LogP) is 2.84. The van der Waals surface area contributed by atoms with Gasteiger partial charge in [-0.05, 0) is 36.0 Å². The lowest BCUT2D eigenvalue weighted by Crippen LogP contribution is -2.45. The lowest BCUT2D eigenvalue weighted by Gasteiger charge is -2.27. The molecule has 0 aliphatic rings. The van der Waals surface area contributed by atoms with Crippen molar-refractivity contribution in [1.29, 1.82) is 0 Å². The van der Waals surface area contributed by atoms with E-state index in [1.807, 2.05) is 20.8 Å². The zero-order valence-corrected chi connectivity index (χ0v) is 12.7. The van der Waals surface area contributed by atoms with Crippen LogP contribution in [0.15, 0.2) is 18.2 Å². The smallest absolute Gasteiger partial charge is 0.137 e. The number of aliphatic hydroxyl groups excluding tert-OH is 1. The maximum Gasteiger partial charge on any atom is 0.137 e. The number of ether oxygens (including phenoxy) is 1. The minimum Gasteiger partial charge on any atom is -0.486 e. The lowest BCUT2D eigenvalue weighted by molar-refractivity contribution is 0.0804. The number of hydrogen-bond acceptors (Lipinski definition) is 3. The zero-order valence-electron chi connectivity index (χ0n) is 12.7. The van der Waals surface area contributed by atoms with Gasteiger partial charge in [-0.15, -0.1) is 0 Å². The fraction of sp³-hybridized carbons (Fsp3) is 0.625. The van der Waals surface area contributed by atoms with Crippen LogP contribution in [0.3, 0.4) is 0 Å². The minimum atomic E-state index is -0.360. The highest BCUT2D eigenvalue weighted by Crippen LogP contribution is 2.26. The number of aryl methyl sites for hydroxylation is 1. The van der Waals surface area contributed by atoms with E-state index in [0.29, 0.717) is 5.92 Å². The van der Waals surface area contributed by atoms with Crippen LogP contribution in [0.5, 0.6) is 5.75 Å². The molecule has 0 saturated heterocycles. The Hall–Kier alpha value is -1.06. The van der Waals surface area contributed by atoms with E-state index in [2.05, 4.69) is 32.0 Å².